The number of rotatable bonds is 2. The van der Waals surface area contributed by atoms with E-state index in [-0.39, 0.29) is 0 Å². The minimum Gasteiger partial charge on any atom is -0.455 e. The fraction of sp³-hybridized carbons (Fsp3) is 0.276. The summed E-state index contributed by atoms with van der Waals surface area (Å²) in [5.74, 6) is -0.451. The topological polar surface area (TPSA) is 17.0 Å². The maximum Gasteiger partial charge on any atom is 0.216 e. The third-order valence-corrected chi connectivity index (χ3v) is 6.99. The Morgan fingerprint density at radius 1 is 0.903 bits per heavy atom. The number of furan rings is 1. The lowest BCUT2D eigenvalue weighted by atomic mass is 9.84. The third-order valence-electron chi connectivity index (χ3n) is 6.99. The van der Waals surface area contributed by atoms with E-state index < -0.39 is 5.89 Å². The molecule has 3 aromatic carbocycles. The number of benzene rings is 3. The van der Waals surface area contributed by atoms with Gasteiger partial charge in [0.05, 0.1) is 5.56 Å². The quantitative estimate of drug-likeness (QED) is 0.276. The standard InChI is InChI=1S/C29H28NO/c1-19-12-15-24-28-23-11-7-6-10-21(23)14-17-26(28)31-29(24)27(19)25-16-13-22(18-30(25)2)20-8-4-3-5-9-20/h6-7,10-18,20H,3-5,8-9H2,1-2H3/q+1/i20D. The number of fused-ring (bicyclic) bond motifs is 5. The van der Waals surface area contributed by atoms with Crippen LogP contribution >= 0.6 is 0 Å². The summed E-state index contributed by atoms with van der Waals surface area (Å²) in [6.07, 6.45) is 7.65. The van der Waals surface area contributed by atoms with Crippen LogP contribution in [0.5, 0.6) is 0 Å². The Kier molecular flexibility index (Phi) is 4.09. The first kappa shape index (κ1) is 17.5. The number of aryl methyl sites for hydroxylation is 2. The van der Waals surface area contributed by atoms with E-state index in [2.05, 4.69) is 85.4 Å². The molecular weight excluding hydrogens is 378 g/mol. The summed E-state index contributed by atoms with van der Waals surface area (Å²) in [5.41, 5.74) is 6.46. The molecule has 0 bridgehead atoms. The van der Waals surface area contributed by atoms with Crippen molar-refractivity contribution in [3.8, 4) is 11.3 Å². The van der Waals surface area contributed by atoms with Gasteiger partial charge >= 0.3 is 0 Å². The van der Waals surface area contributed by atoms with E-state index in [9.17, 15) is 0 Å². The molecular formula is C29H28NO+. The Labute approximate surface area is 184 Å². The molecule has 2 nitrogen and oxygen atoms in total. The van der Waals surface area contributed by atoms with Gasteiger partial charge in [-0.3, -0.25) is 0 Å². The molecule has 6 rings (SSSR count). The average Bonchev–Trinajstić information content (AvgIpc) is 3.19. The Balaban J connectivity index is 1.58. The van der Waals surface area contributed by atoms with Gasteiger partial charge in [-0.1, -0.05) is 61.7 Å². The highest BCUT2D eigenvalue weighted by Gasteiger charge is 2.24. The second-order valence-corrected chi connectivity index (χ2v) is 8.97. The van der Waals surface area contributed by atoms with Crippen LogP contribution in [0.25, 0.3) is 44.0 Å². The van der Waals surface area contributed by atoms with Crippen LogP contribution in [0.2, 0.25) is 0 Å². The Morgan fingerprint density at radius 2 is 1.74 bits per heavy atom. The second-order valence-electron chi connectivity index (χ2n) is 8.97. The van der Waals surface area contributed by atoms with Crippen molar-refractivity contribution in [1.82, 2.24) is 0 Å². The predicted octanol–water partition coefficient (Wildman–Crippen LogP) is 7.59. The van der Waals surface area contributed by atoms with E-state index in [0.29, 0.717) is 0 Å². The lowest BCUT2D eigenvalue weighted by molar-refractivity contribution is -0.660. The summed E-state index contributed by atoms with van der Waals surface area (Å²) in [7, 11) is 2.10. The minimum absolute atomic E-state index is 0.451. The first-order valence-corrected chi connectivity index (χ1v) is 11.4. The fourth-order valence-corrected chi connectivity index (χ4v) is 5.37. The van der Waals surface area contributed by atoms with Crippen LogP contribution in [0.3, 0.4) is 0 Å². The smallest absolute Gasteiger partial charge is 0.216 e. The van der Waals surface area contributed by atoms with Gasteiger partial charge in [-0.25, -0.2) is 4.57 Å². The maximum atomic E-state index is 9.02. The summed E-state index contributed by atoms with van der Waals surface area (Å²) < 4.78 is 17.7. The maximum absolute atomic E-state index is 9.02. The minimum atomic E-state index is -0.451. The van der Waals surface area contributed by atoms with Gasteiger partial charge in [-0.15, -0.1) is 0 Å². The molecule has 0 unspecified atom stereocenters. The number of hydrogen-bond acceptors (Lipinski definition) is 1. The SMILES string of the molecule is [2H]C1(c2ccc(-c3c(C)ccc4c3oc3ccc5ccccc5c34)[n+](C)c2)CCCCC1. The normalized spacial score (nSPS) is 16.8. The molecule has 1 aliphatic carbocycles. The summed E-state index contributed by atoms with van der Waals surface area (Å²) in [6.45, 7) is 2.15. The molecule has 1 fully saturated rings. The van der Waals surface area contributed by atoms with Crippen LogP contribution in [0, 0.1) is 6.92 Å². The van der Waals surface area contributed by atoms with E-state index in [1.54, 1.807) is 0 Å². The third kappa shape index (κ3) is 2.96. The lowest BCUT2D eigenvalue weighted by Gasteiger charge is -2.21. The van der Waals surface area contributed by atoms with Gasteiger partial charge in [-0.2, -0.15) is 0 Å². The molecule has 31 heavy (non-hydrogen) atoms. The molecule has 5 aromatic rings. The second kappa shape index (κ2) is 7.23. The number of aromatic nitrogens is 1. The summed E-state index contributed by atoms with van der Waals surface area (Å²) >= 11 is 0. The molecule has 2 heterocycles. The molecule has 0 saturated heterocycles. The van der Waals surface area contributed by atoms with Gasteiger partial charge in [0.25, 0.3) is 0 Å². The molecule has 1 aliphatic rings. The monoisotopic (exact) mass is 407 g/mol. The first-order valence-electron chi connectivity index (χ1n) is 11.9. The molecule has 1 saturated carbocycles. The van der Waals surface area contributed by atoms with E-state index in [1.165, 1.54) is 28.1 Å². The van der Waals surface area contributed by atoms with Gasteiger partial charge in [-0.05, 0) is 54.1 Å². The van der Waals surface area contributed by atoms with Gasteiger partial charge < -0.3 is 4.42 Å². The highest BCUT2D eigenvalue weighted by molar-refractivity contribution is 6.20. The van der Waals surface area contributed by atoms with Gasteiger partial charge in [0.1, 0.15) is 18.2 Å². The summed E-state index contributed by atoms with van der Waals surface area (Å²) in [4.78, 5) is 0. The van der Waals surface area contributed by atoms with Crippen LogP contribution in [0.15, 0.2) is 71.3 Å². The average molecular weight is 408 g/mol. The zero-order valence-electron chi connectivity index (χ0n) is 19.2. The molecule has 0 amide bonds. The number of pyridine rings is 1. The van der Waals surface area contributed by atoms with Crippen LogP contribution in [0.1, 0.15) is 50.5 Å². The Morgan fingerprint density at radius 3 is 2.58 bits per heavy atom. The van der Waals surface area contributed by atoms with Crippen molar-refractivity contribution in [1.29, 1.82) is 0 Å². The molecule has 0 radical (unpaired) electrons. The van der Waals surface area contributed by atoms with E-state index >= 15 is 0 Å². The van der Waals surface area contributed by atoms with Gasteiger partial charge in [0.15, 0.2) is 6.20 Å². The zero-order chi connectivity index (χ0) is 21.9. The van der Waals surface area contributed by atoms with E-state index in [1.807, 2.05) is 0 Å². The fourth-order valence-electron chi connectivity index (χ4n) is 5.37. The highest BCUT2D eigenvalue weighted by atomic mass is 16.3. The number of nitrogens with zero attached hydrogens (tertiary/aromatic N) is 1. The Bertz CT molecular complexity index is 1490. The molecule has 0 N–H and O–H groups in total. The Hall–Kier alpha value is -3.13. The van der Waals surface area contributed by atoms with Gasteiger partial charge in [0, 0.05) is 23.8 Å². The molecule has 2 aromatic heterocycles. The summed E-state index contributed by atoms with van der Waals surface area (Å²) in [6, 6.07) is 21.5. The first-order chi connectivity index (χ1) is 15.5. The molecule has 0 aliphatic heterocycles. The molecule has 0 spiro atoms. The van der Waals surface area contributed by atoms with Crippen molar-refractivity contribution < 1.29 is 10.4 Å². The van der Waals surface area contributed by atoms with E-state index in [4.69, 9.17) is 5.79 Å². The molecule has 0 atom stereocenters. The van der Waals surface area contributed by atoms with Gasteiger partial charge in [0.2, 0.25) is 5.69 Å². The lowest BCUT2D eigenvalue weighted by Crippen LogP contribution is -2.32. The van der Waals surface area contributed by atoms with Crippen molar-refractivity contribution in [2.75, 3.05) is 0 Å². The van der Waals surface area contributed by atoms with Crippen LogP contribution in [-0.4, -0.2) is 0 Å². The van der Waals surface area contributed by atoms with Crippen LogP contribution in [-0.2, 0) is 7.05 Å². The van der Waals surface area contributed by atoms with Crippen molar-refractivity contribution in [2.45, 2.75) is 44.9 Å². The van der Waals surface area contributed by atoms with Crippen molar-refractivity contribution in [3.63, 3.8) is 0 Å². The van der Waals surface area contributed by atoms with Crippen molar-refractivity contribution >= 4 is 32.7 Å². The summed E-state index contributed by atoms with van der Waals surface area (Å²) in [5, 5.41) is 4.80. The van der Waals surface area contributed by atoms with Crippen LogP contribution in [0.4, 0.5) is 0 Å². The largest absolute Gasteiger partial charge is 0.455 e. The van der Waals surface area contributed by atoms with Crippen molar-refractivity contribution in [3.05, 3.63) is 78.0 Å². The molecule has 154 valence electrons. The molecule has 2 heteroatoms. The number of hydrogen-bond donors (Lipinski definition) is 0. The van der Waals surface area contributed by atoms with Crippen molar-refractivity contribution in [2.24, 2.45) is 7.05 Å². The van der Waals surface area contributed by atoms with Crippen LogP contribution < -0.4 is 4.57 Å². The predicted molar refractivity (Wildman–Crippen MR) is 128 cm³/mol. The van der Waals surface area contributed by atoms with E-state index in [0.717, 1.165) is 59.1 Å². The zero-order valence-corrected chi connectivity index (χ0v) is 18.2. The highest BCUT2D eigenvalue weighted by Crippen LogP contribution is 2.40.